The minimum Gasteiger partial charge on any atom is -0.496 e. The van der Waals surface area contributed by atoms with Crippen LogP contribution in [0.15, 0.2) is 12.1 Å². The minimum atomic E-state index is 0.371. The number of hydrogen-bond donors (Lipinski definition) is 0. The molecule has 1 rings (SSSR count). The van der Waals surface area contributed by atoms with Crippen LogP contribution in [0.4, 0.5) is 0 Å². The summed E-state index contributed by atoms with van der Waals surface area (Å²) in [5.74, 6) is 5.70. The molecule has 0 aliphatic rings. The fourth-order valence-corrected chi connectivity index (χ4v) is 1.22. The Kier molecular flexibility index (Phi) is 4.10. The van der Waals surface area contributed by atoms with Gasteiger partial charge in [-0.05, 0) is 12.0 Å². The lowest BCUT2D eigenvalue weighted by atomic mass is 10.1. The predicted molar refractivity (Wildman–Crippen MR) is 57.9 cm³/mol. The van der Waals surface area contributed by atoms with Gasteiger partial charge in [0.05, 0.1) is 25.3 Å². The average Bonchev–Trinajstić information content (AvgIpc) is 2.35. The molecule has 0 aliphatic heterocycles. The third kappa shape index (κ3) is 2.39. The average molecular weight is 218 g/mol. The van der Waals surface area contributed by atoms with Gasteiger partial charge in [-0.2, -0.15) is 0 Å². The lowest BCUT2D eigenvalue weighted by Gasteiger charge is -2.08. The molecule has 0 spiro atoms. The normalized spacial score (nSPS) is 8.62. The summed E-state index contributed by atoms with van der Waals surface area (Å²) in [6.07, 6.45) is 1.15. The Morgan fingerprint density at radius 1 is 1.12 bits per heavy atom. The maximum Gasteiger partial charge on any atom is 0.193 e. The van der Waals surface area contributed by atoms with E-state index in [1.165, 1.54) is 20.3 Å². The molecule has 0 aromatic heterocycles. The van der Waals surface area contributed by atoms with E-state index in [0.29, 0.717) is 35.2 Å². The largest absolute Gasteiger partial charge is 0.496 e. The number of hydrogen-bond acceptors (Lipinski definition) is 4. The number of benzene rings is 1. The van der Waals surface area contributed by atoms with Crippen LogP contribution in [0.25, 0.3) is 0 Å². The molecule has 0 amide bonds. The molecule has 82 valence electrons. The SMILES string of the molecule is COc1cc(C=O)c(OC)cc1C#CC=O. The highest BCUT2D eigenvalue weighted by molar-refractivity contribution is 5.82. The molecule has 1 aromatic rings. The smallest absolute Gasteiger partial charge is 0.193 e. The second kappa shape index (κ2) is 5.56. The first-order valence-electron chi connectivity index (χ1n) is 4.43. The topological polar surface area (TPSA) is 52.6 Å². The van der Waals surface area contributed by atoms with Gasteiger partial charge in [-0.1, -0.05) is 5.92 Å². The van der Waals surface area contributed by atoms with Crippen molar-refractivity contribution in [3.05, 3.63) is 23.3 Å². The van der Waals surface area contributed by atoms with E-state index in [1.54, 1.807) is 6.07 Å². The van der Waals surface area contributed by atoms with E-state index in [2.05, 4.69) is 11.8 Å². The summed E-state index contributed by atoms with van der Waals surface area (Å²) in [5, 5.41) is 0. The fourth-order valence-electron chi connectivity index (χ4n) is 1.22. The van der Waals surface area contributed by atoms with Crippen LogP contribution in [0.1, 0.15) is 15.9 Å². The number of carbonyl (C=O) groups excluding carboxylic acids is 2. The number of aldehydes is 2. The van der Waals surface area contributed by atoms with Crippen LogP contribution in [0, 0.1) is 11.8 Å². The monoisotopic (exact) mass is 218 g/mol. The molecule has 0 N–H and O–H groups in total. The van der Waals surface area contributed by atoms with Crippen LogP contribution in [-0.2, 0) is 4.79 Å². The van der Waals surface area contributed by atoms with Gasteiger partial charge in [0.15, 0.2) is 12.6 Å². The van der Waals surface area contributed by atoms with Gasteiger partial charge in [0, 0.05) is 6.07 Å². The molecule has 0 fully saturated rings. The lowest BCUT2D eigenvalue weighted by Crippen LogP contribution is -1.95. The third-order valence-electron chi connectivity index (χ3n) is 1.94. The van der Waals surface area contributed by atoms with Gasteiger partial charge in [0.2, 0.25) is 0 Å². The van der Waals surface area contributed by atoms with Gasteiger partial charge in [-0.25, -0.2) is 0 Å². The van der Waals surface area contributed by atoms with Crippen molar-refractivity contribution in [3.8, 4) is 23.3 Å². The summed E-state index contributed by atoms with van der Waals surface area (Å²) in [6.45, 7) is 0. The predicted octanol–water partition coefficient (Wildman–Crippen LogP) is 1.07. The Labute approximate surface area is 93.2 Å². The maximum atomic E-state index is 10.8. The van der Waals surface area contributed by atoms with Crippen molar-refractivity contribution < 1.29 is 19.1 Å². The van der Waals surface area contributed by atoms with Crippen LogP contribution in [0.5, 0.6) is 11.5 Å². The molecule has 16 heavy (non-hydrogen) atoms. The Morgan fingerprint density at radius 3 is 2.31 bits per heavy atom. The Balaban J connectivity index is 3.36. The quantitative estimate of drug-likeness (QED) is 0.562. The van der Waals surface area contributed by atoms with E-state index < -0.39 is 0 Å². The van der Waals surface area contributed by atoms with Gasteiger partial charge in [-0.15, -0.1) is 0 Å². The highest BCUT2D eigenvalue weighted by Gasteiger charge is 2.08. The first kappa shape index (κ1) is 11.8. The molecular formula is C12H10O4. The number of methoxy groups -OCH3 is 2. The third-order valence-corrected chi connectivity index (χ3v) is 1.94. The Bertz CT molecular complexity index is 466. The second-order valence-electron chi connectivity index (χ2n) is 2.80. The molecule has 4 heteroatoms. The Morgan fingerprint density at radius 2 is 1.81 bits per heavy atom. The summed E-state index contributed by atoms with van der Waals surface area (Å²) < 4.78 is 10.1. The zero-order valence-electron chi connectivity index (χ0n) is 8.94. The van der Waals surface area contributed by atoms with Crippen LogP contribution in [0.2, 0.25) is 0 Å². The van der Waals surface area contributed by atoms with Crippen molar-refractivity contribution in [1.29, 1.82) is 0 Å². The van der Waals surface area contributed by atoms with Crippen molar-refractivity contribution in [2.45, 2.75) is 0 Å². The van der Waals surface area contributed by atoms with Crippen molar-refractivity contribution in [3.63, 3.8) is 0 Å². The molecule has 1 aromatic carbocycles. The molecule has 4 nitrogen and oxygen atoms in total. The molecule has 0 unspecified atom stereocenters. The van der Waals surface area contributed by atoms with Crippen LogP contribution >= 0.6 is 0 Å². The van der Waals surface area contributed by atoms with E-state index in [0.717, 1.165) is 0 Å². The second-order valence-corrected chi connectivity index (χ2v) is 2.80. The summed E-state index contributed by atoms with van der Waals surface area (Å²) >= 11 is 0. The first-order chi connectivity index (χ1) is 7.76. The minimum absolute atomic E-state index is 0.371. The van der Waals surface area contributed by atoms with E-state index in [9.17, 15) is 9.59 Å². The lowest BCUT2D eigenvalue weighted by molar-refractivity contribution is -0.103. The van der Waals surface area contributed by atoms with Crippen molar-refractivity contribution >= 4 is 12.6 Å². The molecule has 0 saturated heterocycles. The van der Waals surface area contributed by atoms with E-state index >= 15 is 0 Å². The van der Waals surface area contributed by atoms with E-state index in [1.807, 2.05) is 0 Å². The number of carbonyl (C=O) groups is 2. The van der Waals surface area contributed by atoms with Crippen LogP contribution in [-0.4, -0.2) is 26.8 Å². The van der Waals surface area contributed by atoms with Crippen LogP contribution in [0.3, 0.4) is 0 Å². The van der Waals surface area contributed by atoms with Gasteiger partial charge in [0.25, 0.3) is 0 Å². The zero-order valence-corrected chi connectivity index (χ0v) is 8.94. The van der Waals surface area contributed by atoms with Gasteiger partial charge >= 0.3 is 0 Å². The molecule has 0 bridgehead atoms. The maximum absolute atomic E-state index is 10.8. The van der Waals surface area contributed by atoms with Crippen molar-refractivity contribution in [2.24, 2.45) is 0 Å². The Hall–Kier alpha value is -2.28. The van der Waals surface area contributed by atoms with Gasteiger partial charge in [0.1, 0.15) is 11.5 Å². The highest BCUT2D eigenvalue weighted by Crippen LogP contribution is 2.26. The summed E-state index contributed by atoms with van der Waals surface area (Å²) in [6, 6.07) is 3.07. The van der Waals surface area contributed by atoms with Gasteiger partial charge < -0.3 is 9.47 Å². The number of ether oxygens (including phenoxy) is 2. The molecule has 0 radical (unpaired) electrons. The fraction of sp³-hybridized carbons (Fsp3) is 0.167. The van der Waals surface area contributed by atoms with E-state index in [-0.39, 0.29) is 0 Å². The van der Waals surface area contributed by atoms with Crippen LogP contribution < -0.4 is 9.47 Å². The van der Waals surface area contributed by atoms with Crippen molar-refractivity contribution in [1.82, 2.24) is 0 Å². The summed E-state index contributed by atoms with van der Waals surface area (Å²) in [5.41, 5.74) is 0.869. The number of rotatable bonds is 3. The zero-order chi connectivity index (χ0) is 12.0. The molecule has 0 atom stereocenters. The molecule has 0 aliphatic carbocycles. The van der Waals surface area contributed by atoms with Gasteiger partial charge in [-0.3, -0.25) is 9.59 Å². The van der Waals surface area contributed by atoms with E-state index in [4.69, 9.17) is 9.47 Å². The molecule has 0 heterocycles. The first-order valence-corrected chi connectivity index (χ1v) is 4.43. The molecular weight excluding hydrogens is 208 g/mol. The standard InChI is InChI=1S/C12H10O4/c1-15-11-7-10(8-14)12(16-2)6-9(11)4-3-5-13/h5-8H,1-2H3. The highest BCUT2D eigenvalue weighted by atomic mass is 16.5. The molecule has 0 saturated carbocycles. The summed E-state index contributed by atoms with van der Waals surface area (Å²) in [4.78, 5) is 20.9. The van der Waals surface area contributed by atoms with Crippen molar-refractivity contribution in [2.75, 3.05) is 14.2 Å². The summed E-state index contributed by atoms with van der Waals surface area (Å²) in [7, 11) is 2.91.